The van der Waals surface area contributed by atoms with Crippen molar-refractivity contribution in [3.63, 3.8) is 0 Å². The molecule has 1 aliphatic heterocycles. The molecule has 1 aromatic rings. The van der Waals surface area contributed by atoms with Crippen LogP contribution < -0.4 is 16.4 Å². The van der Waals surface area contributed by atoms with Gasteiger partial charge in [0.2, 0.25) is 0 Å². The Morgan fingerprint density at radius 1 is 1.38 bits per heavy atom. The number of nitrogens with zero attached hydrogens (tertiary/aromatic N) is 1. The Morgan fingerprint density at radius 2 is 2.21 bits per heavy atom. The van der Waals surface area contributed by atoms with Crippen molar-refractivity contribution in [2.24, 2.45) is 11.7 Å². The molecule has 0 bridgehead atoms. The van der Waals surface area contributed by atoms with Crippen LogP contribution in [0.4, 0.5) is 9.59 Å². The highest BCUT2D eigenvalue weighted by molar-refractivity contribution is 6.30. The summed E-state index contributed by atoms with van der Waals surface area (Å²) < 4.78 is 16.2. The van der Waals surface area contributed by atoms with E-state index in [1.54, 1.807) is 11.0 Å². The molecule has 0 spiro atoms. The summed E-state index contributed by atoms with van der Waals surface area (Å²) in [5.74, 6) is 0.428. The first-order valence-corrected chi connectivity index (χ1v) is 12.4. The summed E-state index contributed by atoms with van der Waals surface area (Å²) >= 11 is 6.18. The van der Waals surface area contributed by atoms with Gasteiger partial charge in [-0.15, -0.1) is 0 Å². The molecule has 10 heteroatoms. The number of ether oxygens (including phenoxy) is 3. The van der Waals surface area contributed by atoms with Crippen LogP contribution in [0.25, 0.3) is 0 Å². The summed E-state index contributed by atoms with van der Waals surface area (Å²) in [5.41, 5.74) is 6.86. The van der Waals surface area contributed by atoms with Gasteiger partial charge in [0, 0.05) is 50.5 Å². The fourth-order valence-electron chi connectivity index (χ4n) is 4.03. The molecule has 0 aliphatic carbocycles. The minimum Gasteiger partial charge on any atom is -0.453 e. The lowest BCUT2D eigenvalue weighted by atomic mass is 9.94. The van der Waals surface area contributed by atoms with Crippen molar-refractivity contribution in [1.29, 1.82) is 0 Å². The van der Waals surface area contributed by atoms with E-state index < -0.39 is 6.09 Å². The molecular formula is C24H39ClN4O5. The first-order chi connectivity index (χ1) is 16.5. The van der Waals surface area contributed by atoms with E-state index >= 15 is 0 Å². The van der Waals surface area contributed by atoms with Gasteiger partial charge >= 0.3 is 12.1 Å². The third-order valence-corrected chi connectivity index (χ3v) is 6.15. The second-order valence-electron chi connectivity index (χ2n) is 8.40. The Kier molecular flexibility index (Phi) is 13.1. The maximum atomic E-state index is 13.0. The third-order valence-electron chi connectivity index (χ3n) is 5.91. The van der Waals surface area contributed by atoms with Crippen LogP contribution in [0, 0.1) is 5.92 Å². The summed E-state index contributed by atoms with van der Waals surface area (Å²) in [6.07, 6.45) is 2.76. The van der Waals surface area contributed by atoms with Gasteiger partial charge < -0.3 is 35.5 Å². The quantitative estimate of drug-likeness (QED) is 0.359. The van der Waals surface area contributed by atoms with Gasteiger partial charge in [0.25, 0.3) is 0 Å². The van der Waals surface area contributed by atoms with Gasteiger partial charge in [-0.3, -0.25) is 0 Å². The Morgan fingerprint density at radius 3 is 2.85 bits per heavy atom. The third kappa shape index (κ3) is 10.0. The molecule has 2 rings (SSSR count). The molecule has 0 saturated carbocycles. The summed E-state index contributed by atoms with van der Waals surface area (Å²) in [6.45, 7) is 5.54. The van der Waals surface area contributed by atoms with E-state index in [2.05, 4.69) is 15.4 Å². The molecule has 1 aliphatic rings. The maximum Gasteiger partial charge on any atom is 0.406 e. The smallest absolute Gasteiger partial charge is 0.406 e. The minimum atomic E-state index is -0.508. The lowest BCUT2D eigenvalue weighted by Gasteiger charge is -2.30. The van der Waals surface area contributed by atoms with Crippen molar-refractivity contribution in [2.45, 2.75) is 44.8 Å². The summed E-state index contributed by atoms with van der Waals surface area (Å²) in [7, 11) is 1.31. The van der Waals surface area contributed by atoms with Gasteiger partial charge in [0.15, 0.2) is 0 Å². The van der Waals surface area contributed by atoms with Gasteiger partial charge in [0.05, 0.1) is 19.8 Å². The molecule has 192 valence electrons. The molecule has 1 unspecified atom stereocenters. The fraction of sp³-hybridized carbons (Fsp3) is 0.667. The molecule has 1 fully saturated rings. The molecule has 1 aromatic carbocycles. The lowest BCUT2D eigenvalue weighted by molar-refractivity contribution is 0.0421. The number of urea groups is 1. The molecule has 4 N–H and O–H groups in total. The first kappa shape index (κ1) is 28.2. The average molecular weight is 499 g/mol. The molecule has 3 atom stereocenters. The summed E-state index contributed by atoms with van der Waals surface area (Å²) in [5, 5.41) is 6.30. The van der Waals surface area contributed by atoms with Crippen molar-refractivity contribution >= 4 is 23.7 Å². The number of amides is 3. The number of nitrogens with two attached hydrogens (primary N) is 1. The van der Waals surface area contributed by atoms with Gasteiger partial charge in [-0.2, -0.15) is 0 Å². The van der Waals surface area contributed by atoms with E-state index in [9.17, 15) is 9.59 Å². The van der Waals surface area contributed by atoms with Crippen LogP contribution in [0.2, 0.25) is 5.02 Å². The molecular weight excluding hydrogens is 460 g/mol. The second-order valence-corrected chi connectivity index (χ2v) is 8.84. The van der Waals surface area contributed by atoms with Crippen molar-refractivity contribution in [3.05, 3.63) is 34.9 Å². The summed E-state index contributed by atoms with van der Waals surface area (Å²) in [6, 6.07) is 7.25. The van der Waals surface area contributed by atoms with Crippen LogP contribution in [0.5, 0.6) is 0 Å². The van der Waals surface area contributed by atoms with E-state index in [-0.39, 0.29) is 18.2 Å². The number of carbonyl (C=O) groups is 2. The number of benzene rings is 1. The second kappa shape index (κ2) is 15.8. The molecule has 0 radical (unpaired) electrons. The van der Waals surface area contributed by atoms with Crippen LogP contribution in [0.3, 0.4) is 0 Å². The first-order valence-electron chi connectivity index (χ1n) is 12.0. The Labute approximate surface area is 207 Å². The highest BCUT2D eigenvalue weighted by atomic mass is 35.5. The number of hydrogen-bond acceptors (Lipinski definition) is 6. The van der Waals surface area contributed by atoms with Crippen LogP contribution in [-0.2, 0) is 14.2 Å². The normalized spacial score (nSPS) is 17.5. The van der Waals surface area contributed by atoms with Gasteiger partial charge in [-0.25, -0.2) is 9.59 Å². The number of methoxy groups -OCH3 is 1. The lowest BCUT2D eigenvalue weighted by Crippen LogP contribution is -2.49. The Balaban J connectivity index is 1.92. The zero-order chi connectivity index (χ0) is 24.8. The molecule has 1 heterocycles. The van der Waals surface area contributed by atoms with E-state index in [4.69, 9.17) is 26.8 Å². The number of hydrogen-bond donors (Lipinski definition) is 3. The van der Waals surface area contributed by atoms with Crippen LogP contribution in [-0.4, -0.2) is 76.2 Å². The predicted octanol–water partition coefficient (Wildman–Crippen LogP) is 3.32. The molecule has 1 saturated heterocycles. The van der Waals surface area contributed by atoms with Gasteiger partial charge in [0.1, 0.15) is 0 Å². The van der Waals surface area contributed by atoms with Crippen LogP contribution >= 0.6 is 11.6 Å². The standard InChI is InChI=1S/C24H39ClN4O5/c1-3-29(23(30)28-21(16-26)14-18-6-5-12-33-17-18)11-9-22(19-7-4-8-20(25)15-19)34-13-10-27-24(31)32-2/h4,7-8,15,18,21-22H,3,5-6,9-14,16-17,26H2,1-2H3,(H,27,31)(H,28,30)/t18-,21+,22?/m1/s1. The van der Waals surface area contributed by atoms with E-state index in [1.165, 1.54) is 7.11 Å². The zero-order valence-corrected chi connectivity index (χ0v) is 21.0. The van der Waals surface area contributed by atoms with E-state index in [0.717, 1.165) is 38.0 Å². The number of alkyl carbamates (subject to hydrolysis) is 1. The SMILES string of the molecule is CCN(CCC(OCCNC(=O)OC)c1cccc(Cl)c1)C(=O)N[C@H](CN)C[C@H]1CCCOC1. The number of nitrogens with one attached hydrogen (secondary N) is 2. The fourth-order valence-corrected chi connectivity index (χ4v) is 4.23. The molecule has 34 heavy (non-hydrogen) atoms. The highest BCUT2D eigenvalue weighted by Crippen LogP contribution is 2.24. The van der Waals surface area contributed by atoms with Gasteiger partial charge in [-0.1, -0.05) is 23.7 Å². The Bertz CT molecular complexity index is 748. The molecule has 9 nitrogen and oxygen atoms in total. The highest BCUT2D eigenvalue weighted by Gasteiger charge is 2.23. The molecule has 0 aromatic heterocycles. The van der Waals surface area contributed by atoms with Crippen molar-refractivity contribution in [1.82, 2.24) is 15.5 Å². The maximum absolute atomic E-state index is 13.0. The molecule has 3 amide bonds. The van der Waals surface area contributed by atoms with Crippen LogP contribution in [0.1, 0.15) is 44.3 Å². The van der Waals surface area contributed by atoms with Crippen molar-refractivity contribution in [3.8, 4) is 0 Å². The predicted molar refractivity (Wildman–Crippen MR) is 132 cm³/mol. The largest absolute Gasteiger partial charge is 0.453 e. The zero-order valence-electron chi connectivity index (χ0n) is 20.3. The van der Waals surface area contributed by atoms with Crippen LogP contribution in [0.15, 0.2) is 24.3 Å². The van der Waals surface area contributed by atoms with E-state index in [0.29, 0.717) is 50.1 Å². The number of carbonyl (C=O) groups excluding carboxylic acids is 2. The van der Waals surface area contributed by atoms with Crippen molar-refractivity contribution in [2.75, 3.05) is 53.1 Å². The average Bonchev–Trinajstić information content (AvgIpc) is 2.85. The van der Waals surface area contributed by atoms with E-state index in [1.807, 2.05) is 25.1 Å². The number of rotatable bonds is 13. The number of halogens is 1. The topological polar surface area (TPSA) is 115 Å². The Hall–Kier alpha value is -2.07. The summed E-state index contributed by atoms with van der Waals surface area (Å²) in [4.78, 5) is 26.0. The van der Waals surface area contributed by atoms with Crippen molar-refractivity contribution < 1.29 is 23.8 Å². The monoisotopic (exact) mass is 498 g/mol. The minimum absolute atomic E-state index is 0.0855. The van der Waals surface area contributed by atoms with Gasteiger partial charge in [-0.05, 0) is 56.2 Å².